The van der Waals surface area contributed by atoms with Crippen LogP contribution in [-0.4, -0.2) is 32.8 Å². The minimum Gasteiger partial charge on any atom is -0.480 e. The highest BCUT2D eigenvalue weighted by Gasteiger charge is 2.29. The molecule has 2 N–H and O–H groups in total. The van der Waals surface area contributed by atoms with Crippen molar-refractivity contribution in [2.45, 2.75) is 44.6 Å². The third-order valence-electron chi connectivity index (χ3n) is 5.09. The van der Waals surface area contributed by atoms with Crippen molar-refractivity contribution in [3.8, 4) is 0 Å². The highest BCUT2D eigenvalue weighted by molar-refractivity contribution is 6.34. The standard InChI is InChI=1S/C19H22ClN3O3/c1-11-16(20)17(22-23(11)2)18(24)21-15(19(25)26)10-13-8-5-7-12-6-3-4-9-14(12)13/h3-4,6,9,13,15H,5,7-8,10H2,1-2H3,(H,21,24)(H,25,26). The molecule has 2 unspecified atom stereocenters. The molecule has 0 radical (unpaired) electrons. The van der Waals surface area contributed by atoms with E-state index < -0.39 is 17.9 Å². The number of fused-ring (bicyclic) bond motifs is 1. The van der Waals surface area contributed by atoms with Crippen LogP contribution in [0.25, 0.3) is 0 Å². The molecule has 1 aliphatic carbocycles. The Kier molecular flexibility index (Phi) is 5.32. The maximum absolute atomic E-state index is 12.5. The summed E-state index contributed by atoms with van der Waals surface area (Å²) in [6.45, 7) is 1.75. The molecular formula is C19H22ClN3O3. The largest absolute Gasteiger partial charge is 0.480 e. The Hall–Kier alpha value is -2.34. The maximum atomic E-state index is 12.5. The molecule has 2 aromatic rings. The number of benzene rings is 1. The molecule has 0 spiro atoms. The lowest BCUT2D eigenvalue weighted by Gasteiger charge is -2.27. The number of carbonyl (C=O) groups excluding carboxylic acids is 1. The van der Waals surface area contributed by atoms with E-state index in [1.807, 2.05) is 12.1 Å². The van der Waals surface area contributed by atoms with Gasteiger partial charge in [-0.25, -0.2) is 4.79 Å². The average molecular weight is 376 g/mol. The lowest BCUT2D eigenvalue weighted by Crippen LogP contribution is -2.42. The van der Waals surface area contributed by atoms with E-state index in [1.165, 1.54) is 15.8 Å². The average Bonchev–Trinajstić information content (AvgIpc) is 2.88. The molecule has 6 nitrogen and oxygen atoms in total. The number of halogens is 1. The number of aromatic nitrogens is 2. The maximum Gasteiger partial charge on any atom is 0.326 e. The van der Waals surface area contributed by atoms with Gasteiger partial charge in [0.1, 0.15) is 6.04 Å². The van der Waals surface area contributed by atoms with Crippen molar-refractivity contribution in [2.75, 3.05) is 0 Å². The summed E-state index contributed by atoms with van der Waals surface area (Å²) in [6, 6.07) is 7.13. The molecule has 1 aromatic carbocycles. The molecule has 0 saturated heterocycles. The molecule has 1 aromatic heterocycles. The summed E-state index contributed by atoms with van der Waals surface area (Å²) in [6.07, 6.45) is 3.30. The summed E-state index contributed by atoms with van der Waals surface area (Å²) < 4.78 is 1.50. The number of hydrogen-bond donors (Lipinski definition) is 2. The van der Waals surface area contributed by atoms with Crippen LogP contribution in [-0.2, 0) is 18.3 Å². The first-order valence-electron chi connectivity index (χ1n) is 8.69. The Morgan fingerprint density at radius 1 is 1.42 bits per heavy atom. The third-order valence-corrected chi connectivity index (χ3v) is 5.55. The molecule has 138 valence electrons. The zero-order chi connectivity index (χ0) is 18.8. The van der Waals surface area contributed by atoms with Crippen LogP contribution >= 0.6 is 11.6 Å². The SMILES string of the molecule is Cc1c(Cl)c(C(=O)NC(CC2CCCc3ccccc32)C(=O)O)nn1C. The number of aryl methyl sites for hydroxylation is 2. The van der Waals surface area contributed by atoms with Crippen LogP contribution in [0, 0.1) is 6.92 Å². The first kappa shape index (κ1) is 18.5. The van der Waals surface area contributed by atoms with Crippen molar-refractivity contribution < 1.29 is 14.7 Å². The summed E-state index contributed by atoms with van der Waals surface area (Å²) in [4.78, 5) is 24.2. The molecule has 1 heterocycles. The van der Waals surface area contributed by atoms with Gasteiger partial charge in [-0.2, -0.15) is 5.10 Å². The second-order valence-corrected chi connectivity index (χ2v) is 7.14. The normalized spacial score (nSPS) is 17.4. The van der Waals surface area contributed by atoms with Gasteiger partial charge in [-0.05, 0) is 49.7 Å². The summed E-state index contributed by atoms with van der Waals surface area (Å²) in [5.74, 6) is -1.50. The van der Waals surface area contributed by atoms with Gasteiger partial charge < -0.3 is 10.4 Å². The molecule has 0 bridgehead atoms. The van der Waals surface area contributed by atoms with Gasteiger partial charge in [-0.15, -0.1) is 0 Å². The van der Waals surface area contributed by atoms with Crippen molar-refractivity contribution in [1.82, 2.24) is 15.1 Å². The second kappa shape index (κ2) is 7.50. The Bertz CT molecular complexity index is 847. The molecule has 0 fully saturated rings. The fraction of sp³-hybridized carbons (Fsp3) is 0.421. The lowest BCUT2D eigenvalue weighted by molar-refractivity contribution is -0.139. The van der Waals surface area contributed by atoms with Gasteiger partial charge in [0.15, 0.2) is 5.69 Å². The molecule has 2 atom stereocenters. The number of carboxylic acids is 1. The number of nitrogens with zero attached hydrogens (tertiary/aromatic N) is 2. The quantitative estimate of drug-likeness (QED) is 0.841. The summed E-state index contributed by atoms with van der Waals surface area (Å²) >= 11 is 6.14. The monoisotopic (exact) mass is 375 g/mol. The number of nitrogens with one attached hydrogen (secondary N) is 1. The minimum atomic E-state index is -1.05. The van der Waals surface area contributed by atoms with E-state index in [4.69, 9.17) is 11.6 Å². The molecule has 0 saturated carbocycles. The second-order valence-electron chi connectivity index (χ2n) is 6.76. The van der Waals surface area contributed by atoms with Crippen LogP contribution in [0.4, 0.5) is 0 Å². The summed E-state index contributed by atoms with van der Waals surface area (Å²) in [5.41, 5.74) is 3.17. The van der Waals surface area contributed by atoms with E-state index in [9.17, 15) is 14.7 Å². The minimum absolute atomic E-state index is 0.0574. The number of amides is 1. The first-order chi connectivity index (χ1) is 12.4. The predicted molar refractivity (Wildman–Crippen MR) is 98.6 cm³/mol. The van der Waals surface area contributed by atoms with E-state index in [0.29, 0.717) is 12.1 Å². The van der Waals surface area contributed by atoms with E-state index >= 15 is 0 Å². The van der Waals surface area contributed by atoms with Crippen LogP contribution in [0.5, 0.6) is 0 Å². The molecule has 1 amide bonds. The molecule has 1 aliphatic rings. The van der Waals surface area contributed by atoms with Crippen molar-refractivity contribution in [3.05, 3.63) is 51.8 Å². The van der Waals surface area contributed by atoms with Crippen LogP contribution in [0.15, 0.2) is 24.3 Å². The van der Waals surface area contributed by atoms with Gasteiger partial charge in [0.05, 0.1) is 10.7 Å². The Morgan fingerprint density at radius 3 is 2.81 bits per heavy atom. The Labute approximate surface area is 157 Å². The van der Waals surface area contributed by atoms with Crippen LogP contribution in [0.3, 0.4) is 0 Å². The van der Waals surface area contributed by atoms with Crippen LogP contribution < -0.4 is 5.32 Å². The summed E-state index contributed by atoms with van der Waals surface area (Å²) in [5, 5.41) is 16.5. The van der Waals surface area contributed by atoms with Crippen molar-refractivity contribution in [3.63, 3.8) is 0 Å². The highest BCUT2D eigenvalue weighted by Crippen LogP contribution is 2.34. The zero-order valence-corrected chi connectivity index (χ0v) is 15.6. The van der Waals surface area contributed by atoms with Gasteiger partial charge in [0.2, 0.25) is 0 Å². The van der Waals surface area contributed by atoms with E-state index in [2.05, 4.69) is 22.5 Å². The van der Waals surface area contributed by atoms with Crippen LogP contribution in [0.2, 0.25) is 5.02 Å². The first-order valence-corrected chi connectivity index (χ1v) is 9.06. The van der Waals surface area contributed by atoms with Crippen LogP contribution in [0.1, 0.15) is 52.5 Å². The van der Waals surface area contributed by atoms with Gasteiger partial charge in [0, 0.05) is 7.05 Å². The van der Waals surface area contributed by atoms with Gasteiger partial charge in [-0.3, -0.25) is 9.48 Å². The molecule has 26 heavy (non-hydrogen) atoms. The van der Waals surface area contributed by atoms with E-state index in [0.717, 1.165) is 19.3 Å². The van der Waals surface area contributed by atoms with Gasteiger partial charge in [-0.1, -0.05) is 35.9 Å². The number of carbonyl (C=O) groups is 2. The fourth-order valence-electron chi connectivity index (χ4n) is 3.56. The molecule has 7 heteroatoms. The molecular weight excluding hydrogens is 354 g/mol. The summed E-state index contributed by atoms with van der Waals surface area (Å²) in [7, 11) is 1.69. The van der Waals surface area contributed by atoms with Crippen molar-refractivity contribution in [2.24, 2.45) is 7.05 Å². The number of aliphatic carboxylic acids is 1. The Morgan fingerprint density at radius 2 is 2.15 bits per heavy atom. The smallest absolute Gasteiger partial charge is 0.326 e. The number of hydrogen-bond acceptors (Lipinski definition) is 3. The lowest BCUT2D eigenvalue weighted by atomic mass is 9.79. The molecule has 3 rings (SSSR count). The van der Waals surface area contributed by atoms with E-state index in [-0.39, 0.29) is 16.6 Å². The predicted octanol–water partition coefficient (Wildman–Crippen LogP) is 3.08. The Balaban J connectivity index is 1.77. The van der Waals surface area contributed by atoms with E-state index in [1.54, 1.807) is 14.0 Å². The number of carboxylic acid groups (broad SMARTS) is 1. The topological polar surface area (TPSA) is 84.2 Å². The highest BCUT2D eigenvalue weighted by atomic mass is 35.5. The van der Waals surface area contributed by atoms with Gasteiger partial charge >= 0.3 is 5.97 Å². The fourth-order valence-corrected chi connectivity index (χ4v) is 3.81. The number of rotatable bonds is 5. The van der Waals surface area contributed by atoms with Gasteiger partial charge in [0.25, 0.3) is 5.91 Å². The van der Waals surface area contributed by atoms with Crippen molar-refractivity contribution >= 4 is 23.5 Å². The molecule has 0 aliphatic heterocycles. The van der Waals surface area contributed by atoms with Crippen molar-refractivity contribution in [1.29, 1.82) is 0 Å². The zero-order valence-electron chi connectivity index (χ0n) is 14.8. The third kappa shape index (κ3) is 3.60.